The van der Waals surface area contributed by atoms with Crippen molar-refractivity contribution in [3.05, 3.63) is 59.9 Å². The van der Waals surface area contributed by atoms with Gasteiger partial charge in [-0.2, -0.15) is 0 Å². The summed E-state index contributed by atoms with van der Waals surface area (Å²) in [5, 5.41) is 2.54. The number of benzene rings is 2. The zero-order valence-electron chi connectivity index (χ0n) is 15.0. The minimum absolute atomic E-state index is 0.0685. The van der Waals surface area contributed by atoms with Crippen LogP contribution in [-0.2, 0) is 10.8 Å². The summed E-state index contributed by atoms with van der Waals surface area (Å²) in [5.74, 6) is 0.948. The summed E-state index contributed by atoms with van der Waals surface area (Å²) >= 11 is 0. The van der Waals surface area contributed by atoms with E-state index in [-0.39, 0.29) is 10.8 Å². The predicted molar refractivity (Wildman–Crippen MR) is 99.1 cm³/mol. The van der Waals surface area contributed by atoms with E-state index in [2.05, 4.69) is 77.9 Å². The number of furan rings is 1. The van der Waals surface area contributed by atoms with Crippen LogP contribution in [0.5, 0.6) is 0 Å². The van der Waals surface area contributed by atoms with Crippen molar-refractivity contribution >= 4 is 10.8 Å². The summed E-state index contributed by atoms with van der Waals surface area (Å²) in [6.07, 6.45) is 1.75. The van der Waals surface area contributed by atoms with Crippen LogP contribution in [-0.4, -0.2) is 0 Å². The van der Waals surface area contributed by atoms with Gasteiger partial charge in [-0.1, -0.05) is 71.9 Å². The molecule has 0 saturated heterocycles. The molecule has 0 radical (unpaired) electrons. The van der Waals surface area contributed by atoms with E-state index in [0.717, 1.165) is 5.76 Å². The van der Waals surface area contributed by atoms with Gasteiger partial charge in [0.05, 0.1) is 6.26 Å². The lowest BCUT2D eigenvalue weighted by Gasteiger charge is -2.25. The highest BCUT2D eigenvalue weighted by Crippen LogP contribution is 2.39. The van der Waals surface area contributed by atoms with Gasteiger partial charge in [0.15, 0.2) is 0 Å². The molecule has 0 spiro atoms. The Balaban J connectivity index is 2.34. The van der Waals surface area contributed by atoms with E-state index < -0.39 is 0 Å². The molecule has 1 nitrogen and oxygen atoms in total. The van der Waals surface area contributed by atoms with Gasteiger partial charge in [-0.25, -0.2) is 0 Å². The molecule has 0 aliphatic carbocycles. The van der Waals surface area contributed by atoms with Gasteiger partial charge in [0.1, 0.15) is 5.76 Å². The van der Waals surface area contributed by atoms with Crippen LogP contribution in [0.2, 0.25) is 0 Å². The molecule has 23 heavy (non-hydrogen) atoms. The number of rotatable bonds is 1. The highest BCUT2D eigenvalue weighted by atomic mass is 16.3. The Bertz CT molecular complexity index is 825. The predicted octanol–water partition coefficient (Wildman–Crippen LogP) is 6.69. The second-order valence-corrected chi connectivity index (χ2v) is 8.40. The van der Waals surface area contributed by atoms with Crippen molar-refractivity contribution in [2.75, 3.05) is 0 Å². The van der Waals surface area contributed by atoms with Crippen molar-refractivity contribution in [2.45, 2.75) is 52.4 Å². The molecule has 1 heterocycles. The van der Waals surface area contributed by atoms with Crippen LogP contribution in [0.15, 0.2) is 53.1 Å². The first-order valence-corrected chi connectivity index (χ1v) is 8.29. The summed E-state index contributed by atoms with van der Waals surface area (Å²) in [7, 11) is 0. The molecule has 0 N–H and O–H groups in total. The summed E-state index contributed by atoms with van der Waals surface area (Å²) in [6.45, 7) is 13.5. The fraction of sp³-hybridized carbons (Fsp3) is 0.364. The highest BCUT2D eigenvalue weighted by Gasteiger charge is 2.23. The molecule has 3 rings (SSSR count). The quantitative estimate of drug-likeness (QED) is 0.488. The van der Waals surface area contributed by atoms with Gasteiger partial charge in [-0.05, 0) is 44.9 Å². The molecule has 2 aromatic carbocycles. The minimum atomic E-state index is 0.0685. The van der Waals surface area contributed by atoms with Crippen LogP contribution in [0.3, 0.4) is 0 Å². The van der Waals surface area contributed by atoms with Gasteiger partial charge < -0.3 is 4.42 Å². The SMILES string of the molecule is CC(C)(C)c1ccc2c(-c3ccco3)c(C(C)(C)C)ccc2c1. The molecule has 0 unspecified atom stereocenters. The van der Waals surface area contributed by atoms with Gasteiger partial charge in [-0.15, -0.1) is 0 Å². The van der Waals surface area contributed by atoms with Crippen LogP contribution in [0.25, 0.3) is 22.1 Å². The third kappa shape index (κ3) is 2.93. The molecule has 0 saturated carbocycles. The van der Waals surface area contributed by atoms with Crippen LogP contribution in [0.1, 0.15) is 52.7 Å². The van der Waals surface area contributed by atoms with E-state index in [1.807, 2.05) is 6.07 Å². The Morgan fingerprint density at radius 3 is 2.09 bits per heavy atom. The highest BCUT2D eigenvalue weighted by molar-refractivity contribution is 5.98. The fourth-order valence-corrected chi connectivity index (χ4v) is 3.11. The third-order valence-electron chi connectivity index (χ3n) is 4.46. The lowest BCUT2D eigenvalue weighted by Crippen LogP contribution is -2.13. The maximum Gasteiger partial charge on any atom is 0.134 e. The summed E-state index contributed by atoms with van der Waals surface area (Å²) < 4.78 is 5.76. The second kappa shape index (κ2) is 5.26. The Kier molecular flexibility index (Phi) is 3.63. The van der Waals surface area contributed by atoms with Crippen LogP contribution >= 0.6 is 0 Å². The normalized spacial score (nSPS) is 12.8. The van der Waals surface area contributed by atoms with Gasteiger partial charge in [-0.3, -0.25) is 0 Å². The van der Waals surface area contributed by atoms with E-state index in [9.17, 15) is 0 Å². The first kappa shape index (κ1) is 15.9. The Morgan fingerprint density at radius 2 is 1.52 bits per heavy atom. The van der Waals surface area contributed by atoms with Crippen molar-refractivity contribution in [2.24, 2.45) is 0 Å². The first-order valence-electron chi connectivity index (χ1n) is 8.29. The lowest BCUT2D eigenvalue weighted by atomic mass is 9.80. The van der Waals surface area contributed by atoms with E-state index >= 15 is 0 Å². The lowest BCUT2D eigenvalue weighted by molar-refractivity contribution is 0.567. The molecule has 1 heteroatoms. The van der Waals surface area contributed by atoms with Crippen molar-refractivity contribution in [1.29, 1.82) is 0 Å². The summed E-state index contributed by atoms with van der Waals surface area (Å²) in [4.78, 5) is 0. The Morgan fingerprint density at radius 1 is 0.783 bits per heavy atom. The monoisotopic (exact) mass is 306 g/mol. The van der Waals surface area contributed by atoms with Crippen LogP contribution in [0, 0.1) is 0 Å². The van der Waals surface area contributed by atoms with E-state index in [0.29, 0.717) is 0 Å². The van der Waals surface area contributed by atoms with E-state index in [1.54, 1.807) is 6.26 Å². The molecule has 1 aromatic heterocycles. The molecule has 0 amide bonds. The average molecular weight is 306 g/mol. The number of hydrogen-bond acceptors (Lipinski definition) is 1. The second-order valence-electron chi connectivity index (χ2n) is 8.40. The van der Waals surface area contributed by atoms with Crippen molar-refractivity contribution in [1.82, 2.24) is 0 Å². The Labute approximate surface area is 139 Å². The van der Waals surface area contributed by atoms with Gasteiger partial charge in [0.25, 0.3) is 0 Å². The smallest absolute Gasteiger partial charge is 0.134 e. The maximum atomic E-state index is 5.76. The van der Waals surface area contributed by atoms with E-state index in [1.165, 1.54) is 27.5 Å². The number of hydrogen-bond donors (Lipinski definition) is 0. The summed E-state index contributed by atoms with van der Waals surface area (Å²) in [6, 6.07) is 15.3. The minimum Gasteiger partial charge on any atom is -0.464 e. The summed E-state index contributed by atoms with van der Waals surface area (Å²) in [5.41, 5.74) is 4.13. The van der Waals surface area contributed by atoms with Crippen LogP contribution < -0.4 is 0 Å². The molecule has 0 fully saturated rings. The zero-order chi connectivity index (χ0) is 16.8. The average Bonchev–Trinajstić information content (AvgIpc) is 2.97. The van der Waals surface area contributed by atoms with E-state index in [4.69, 9.17) is 4.42 Å². The number of fused-ring (bicyclic) bond motifs is 1. The van der Waals surface area contributed by atoms with Gasteiger partial charge in [0.2, 0.25) is 0 Å². The molecule has 120 valence electrons. The third-order valence-corrected chi connectivity index (χ3v) is 4.46. The van der Waals surface area contributed by atoms with Crippen molar-refractivity contribution < 1.29 is 4.42 Å². The molecular weight excluding hydrogens is 280 g/mol. The Hall–Kier alpha value is -2.02. The zero-order valence-corrected chi connectivity index (χ0v) is 15.0. The molecular formula is C22H26O. The standard InChI is InChI=1S/C22H26O/c1-21(2,3)16-10-11-17-15(14-16)9-12-18(22(4,5)6)20(17)19-8-7-13-23-19/h7-14H,1-6H3. The van der Waals surface area contributed by atoms with Crippen molar-refractivity contribution in [3.8, 4) is 11.3 Å². The molecule has 0 bridgehead atoms. The van der Waals surface area contributed by atoms with Gasteiger partial charge >= 0.3 is 0 Å². The van der Waals surface area contributed by atoms with Crippen LogP contribution in [0.4, 0.5) is 0 Å². The molecule has 0 atom stereocenters. The fourth-order valence-electron chi connectivity index (χ4n) is 3.11. The van der Waals surface area contributed by atoms with Crippen molar-refractivity contribution in [3.63, 3.8) is 0 Å². The largest absolute Gasteiger partial charge is 0.464 e. The first-order chi connectivity index (χ1) is 10.7. The topological polar surface area (TPSA) is 13.1 Å². The maximum absolute atomic E-state index is 5.76. The molecule has 0 aliphatic heterocycles. The van der Waals surface area contributed by atoms with Gasteiger partial charge in [0, 0.05) is 5.56 Å². The molecule has 3 aromatic rings. The molecule has 0 aliphatic rings.